The van der Waals surface area contributed by atoms with E-state index in [0.717, 1.165) is 23.3 Å². The molecule has 3 nitrogen and oxygen atoms in total. The Labute approximate surface area is 114 Å². The third-order valence-corrected chi connectivity index (χ3v) is 3.45. The predicted molar refractivity (Wildman–Crippen MR) is 75.9 cm³/mol. The molecule has 3 heteroatoms. The van der Waals surface area contributed by atoms with Crippen molar-refractivity contribution < 1.29 is 9.52 Å². The summed E-state index contributed by atoms with van der Waals surface area (Å²) in [7, 11) is 0. The molecule has 1 heterocycles. The van der Waals surface area contributed by atoms with Gasteiger partial charge in [0, 0.05) is 0 Å². The lowest BCUT2D eigenvalue weighted by atomic mass is 10.0. The topological polar surface area (TPSA) is 45.4 Å². The number of aliphatic hydroxyl groups is 1. The van der Waals surface area contributed by atoms with Crippen molar-refractivity contribution in [2.45, 2.75) is 32.9 Å². The molecule has 0 fully saturated rings. The van der Waals surface area contributed by atoms with E-state index >= 15 is 0 Å². The van der Waals surface area contributed by atoms with Crippen molar-refractivity contribution >= 4 is 0 Å². The van der Waals surface area contributed by atoms with Gasteiger partial charge in [0.2, 0.25) is 0 Å². The highest BCUT2D eigenvalue weighted by Crippen LogP contribution is 2.16. The number of benzene rings is 1. The molecule has 0 amide bonds. The van der Waals surface area contributed by atoms with Gasteiger partial charge in [0.15, 0.2) is 0 Å². The monoisotopic (exact) mass is 259 g/mol. The largest absolute Gasteiger partial charge is 0.468 e. The second kappa shape index (κ2) is 6.55. The lowest BCUT2D eigenvalue weighted by Crippen LogP contribution is -2.24. The lowest BCUT2D eigenvalue weighted by molar-refractivity contribution is 0.240. The van der Waals surface area contributed by atoms with Crippen LogP contribution in [0.2, 0.25) is 0 Å². The van der Waals surface area contributed by atoms with E-state index in [4.69, 9.17) is 4.42 Å². The van der Waals surface area contributed by atoms with Gasteiger partial charge in [-0.1, -0.05) is 31.2 Å². The molecule has 2 N–H and O–H groups in total. The molecule has 0 saturated carbocycles. The van der Waals surface area contributed by atoms with Crippen molar-refractivity contribution in [1.82, 2.24) is 5.32 Å². The van der Waals surface area contributed by atoms with Gasteiger partial charge in [-0.05, 0) is 36.1 Å². The van der Waals surface area contributed by atoms with Crippen LogP contribution in [0.3, 0.4) is 0 Å². The summed E-state index contributed by atoms with van der Waals surface area (Å²) >= 11 is 0. The first kappa shape index (κ1) is 13.8. The van der Waals surface area contributed by atoms with Crippen molar-refractivity contribution in [3.63, 3.8) is 0 Å². The molecular formula is C16H21NO2. The van der Waals surface area contributed by atoms with E-state index in [9.17, 15) is 5.11 Å². The Hall–Kier alpha value is -1.58. The van der Waals surface area contributed by atoms with Gasteiger partial charge in [-0.3, -0.25) is 0 Å². The standard InChI is InChI=1S/C16H21NO2/c1-3-13-4-6-14(7-5-13)15(11-18)17-10-16-12(2)8-9-19-16/h4-9,15,17-18H,3,10-11H2,1-2H3. The maximum absolute atomic E-state index is 9.51. The van der Waals surface area contributed by atoms with Crippen molar-refractivity contribution in [3.05, 3.63) is 59.0 Å². The van der Waals surface area contributed by atoms with Gasteiger partial charge in [-0.2, -0.15) is 0 Å². The smallest absolute Gasteiger partial charge is 0.120 e. The molecule has 0 saturated heterocycles. The van der Waals surface area contributed by atoms with Crippen LogP contribution in [0, 0.1) is 6.92 Å². The molecule has 1 aromatic carbocycles. The van der Waals surface area contributed by atoms with Crippen LogP contribution >= 0.6 is 0 Å². The fourth-order valence-corrected chi connectivity index (χ4v) is 2.07. The Morgan fingerprint density at radius 1 is 1.21 bits per heavy atom. The van der Waals surface area contributed by atoms with E-state index < -0.39 is 0 Å². The predicted octanol–water partition coefficient (Wildman–Crippen LogP) is 2.97. The third-order valence-electron chi connectivity index (χ3n) is 3.45. The zero-order chi connectivity index (χ0) is 13.7. The average Bonchev–Trinajstić information content (AvgIpc) is 2.86. The molecular weight excluding hydrogens is 238 g/mol. The quantitative estimate of drug-likeness (QED) is 0.838. The third kappa shape index (κ3) is 3.46. The van der Waals surface area contributed by atoms with E-state index in [1.54, 1.807) is 6.26 Å². The molecule has 0 aliphatic rings. The van der Waals surface area contributed by atoms with Gasteiger partial charge in [0.25, 0.3) is 0 Å². The summed E-state index contributed by atoms with van der Waals surface area (Å²) in [6.45, 7) is 4.85. The van der Waals surface area contributed by atoms with Crippen LogP contribution < -0.4 is 5.32 Å². The molecule has 2 aromatic rings. The second-order valence-corrected chi connectivity index (χ2v) is 4.74. The number of hydrogen-bond donors (Lipinski definition) is 2. The Morgan fingerprint density at radius 3 is 2.47 bits per heavy atom. The van der Waals surface area contributed by atoms with Crippen LogP contribution in [0.15, 0.2) is 41.0 Å². The van der Waals surface area contributed by atoms with Gasteiger partial charge in [-0.25, -0.2) is 0 Å². The van der Waals surface area contributed by atoms with Crippen LogP contribution in [0.4, 0.5) is 0 Å². The normalized spacial score (nSPS) is 12.6. The van der Waals surface area contributed by atoms with E-state index in [0.29, 0.717) is 6.54 Å². The van der Waals surface area contributed by atoms with Crippen molar-refractivity contribution in [2.75, 3.05) is 6.61 Å². The fraction of sp³-hybridized carbons (Fsp3) is 0.375. The molecule has 2 rings (SSSR count). The van der Waals surface area contributed by atoms with Gasteiger partial charge in [0.1, 0.15) is 5.76 Å². The molecule has 0 radical (unpaired) electrons. The van der Waals surface area contributed by atoms with Crippen LogP contribution in [0.25, 0.3) is 0 Å². The Morgan fingerprint density at radius 2 is 1.95 bits per heavy atom. The molecule has 1 atom stereocenters. The number of aliphatic hydroxyl groups excluding tert-OH is 1. The minimum Gasteiger partial charge on any atom is -0.468 e. The minimum atomic E-state index is -0.0598. The molecule has 0 spiro atoms. The molecule has 102 valence electrons. The van der Waals surface area contributed by atoms with Crippen LogP contribution in [0.5, 0.6) is 0 Å². The summed E-state index contributed by atoms with van der Waals surface area (Å²) in [6.07, 6.45) is 2.72. The van der Waals surface area contributed by atoms with Crippen LogP contribution in [-0.2, 0) is 13.0 Å². The Bertz CT molecular complexity index is 502. The molecule has 0 aliphatic heterocycles. The van der Waals surface area contributed by atoms with Gasteiger partial charge < -0.3 is 14.8 Å². The first-order valence-electron chi connectivity index (χ1n) is 6.70. The molecule has 1 unspecified atom stereocenters. The summed E-state index contributed by atoms with van der Waals surface area (Å²) in [5.41, 5.74) is 3.54. The summed E-state index contributed by atoms with van der Waals surface area (Å²) in [5.74, 6) is 0.920. The van der Waals surface area contributed by atoms with E-state index in [2.05, 4.69) is 36.5 Å². The highest BCUT2D eigenvalue weighted by molar-refractivity contribution is 5.25. The minimum absolute atomic E-state index is 0.0598. The van der Waals surface area contributed by atoms with E-state index in [1.807, 2.05) is 13.0 Å². The first-order chi connectivity index (χ1) is 9.24. The van der Waals surface area contributed by atoms with Crippen molar-refractivity contribution in [1.29, 1.82) is 0 Å². The summed E-state index contributed by atoms with van der Waals surface area (Å²) in [6, 6.07) is 10.2. The first-order valence-corrected chi connectivity index (χ1v) is 6.70. The maximum Gasteiger partial charge on any atom is 0.120 e. The Balaban J connectivity index is 2.01. The molecule has 19 heavy (non-hydrogen) atoms. The van der Waals surface area contributed by atoms with Crippen molar-refractivity contribution in [2.24, 2.45) is 0 Å². The summed E-state index contributed by atoms with van der Waals surface area (Å²) < 4.78 is 5.39. The van der Waals surface area contributed by atoms with Crippen LogP contribution in [0.1, 0.15) is 35.4 Å². The number of aryl methyl sites for hydroxylation is 2. The molecule has 0 bridgehead atoms. The fourth-order valence-electron chi connectivity index (χ4n) is 2.07. The van der Waals surface area contributed by atoms with E-state index in [1.165, 1.54) is 5.56 Å². The van der Waals surface area contributed by atoms with Gasteiger partial charge in [0.05, 0.1) is 25.5 Å². The lowest BCUT2D eigenvalue weighted by Gasteiger charge is -2.16. The zero-order valence-electron chi connectivity index (χ0n) is 11.5. The Kier molecular flexibility index (Phi) is 4.77. The number of nitrogens with one attached hydrogen (secondary N) is 1. The summed E-state index contributed by atoms with van der Waals surface area (Å²) in [5, 5.41) is 12.8. The zero-order valence-corrected chi connectivity index (χ0v) is 11.5. The molecule has 0 aliphatic carbocycles. The van der Waals surface area contributed by atoms with E-state index in [-0.39, 0.29) is 12.6 Å². The van der Waals surface area contributed by atoms with Crippen LogP contribution in [-0.4, -0.2) is 11.7 Å². The SMILES string of the molecule is CCc1ccc(C(CO)NCc2occc2C)cc1. The number of hydrogen-bond acceptors (Lipinski definition) is 3. The van der Waals surface area contributed by atoms with Crippen molar-refractivity contribution in [3.8, 4) is 0 Å². The highest BCUT2D eigenvalue weighted by atomic mass is 16.3. The van der Waals surface area contributed by atoms with Gasteiger partial charge >= 0.3 is 0 Å². The summed E-state index contributed by atoms with van der Waals surface area (Å²) in [4.78, 5) is 0. The number of furan rings is 1. The molecule has 1 aromatic heterocycles. The average molecular weight is 259 g/mol. The maximum atomic E-state index is 9.51. The second-order valence-electron chi connectivity index (χ2n) is 4.74. The van der Waals surface area contributed by atoms with Gasteiger partial charge in [-0.15, -0.1) is 0 Å². The number of rotatable bonds is 6. The highest BCUT2D eigenvalue weighted by Gasteiger charge is 2.11.